The second-order valence-corrected chi connectivity index (χ2v) is 6.05. The Hall–Kier alpha value is -1.22. The fraction of sp³-hybridized carbons (Fsp3) is 0.333. The van der Waals surface area contributed by atoms with Crippen LogP contribution in [-0.4, -0.2) is 51.5 Å². The van der Waals surface area contributed by atoms with Crippen LogP contribution in [0, 0.1) is 0 Å². The van der Waals surface area contributed by atoms with Gasteiger partial charge in [-0.2, -0.15) is 5.10 Å². The van der Waals surface area contributed by atoms with Crippen LogP contribution in [0.5, 0.6) is 0 Å². The van der Waals surface area contributed by atoms with Gasteiger partial charge in [0.25, 0.3) is 0 Å². The summed E-state index contributed by atoms with van der Waals surface area (Å²) in [6.07, 6.45) is 0. The molecule has 1 aliphatic rings. The van der Waals surface area contributed by atoms with Gasteiger partial charge in [-0.3, -0.25) is 4.67 Å². The van der Waals surface area contributed by atoms with Crippen molar-refractivity contribution in [3.63, 3.8) is 0 Å². The minimum absolute atomic E-state index is 0.293. The van der Waals surface area contributed by atoms with Crippen molar-refractivity contribution in [1.29, 1.82) is 0 Å². The minimum atomic E-state index is -0.913. The van der Waals surface area contributed by atoms with E-state index in [0.29, 0.717) is 5.56 Å². The Bertz CT molecular complexity index is 665. The third kappa shape index (κ3) is 2.39. The van der Waals surface area contributed by atoms with E-state index in [1.165, 1.54) is 0 Å². The molecule has 106 valence electrons. The van der Waals surface area contributed by atoms with Crippen molar-refractivity contribution < 1.29 is 9.90 Å². The van der Waals surface area contributed by atoms with E-state index in [1.54, 1.807) is 22.7 Å². The van der Waals surface area contributed by atoms with E-state index in [-0.39, 0.29) is 0 Å². The van der Waals surface area contributed by atoms with Gasteiger partial charge in [0.2, 0.25) is 0 Å². The molecule has 2 unspecified atom stereocenters. The summed E-state index contributed by atoms with van der Waals surface area (Å²) in [7, 11) is 5.26. The van der Waals surface area contributed by atoms with Crippen molar-refractivity contribution in [3.05, 3.63) is 23.8 Å². The van der Waals surface area contributed by atoms with Gasteiger partial charge in [0.1, 0.15) is 0 Å². The van der Waals surface area contributed by atoms with Gasteiger partial charge in [0.05, 0.1) is 11.1 Å². The van der Waals surface area contributed by atoms with E-state index in [2.05, 4.69) is 33.5 Å². The van der Waals surface area contributed by atoms with Crippen LogP contribution in [0.3, 0.4) is 0 Å². The molecular weight excluding hydrogens is 294 g/mol. The molecule has 0 saturated carbocycles. The fourth-order valence-electron chi connectivity index (χ4n) is 2.43. The van der Waals surface area contributed by atoms with Crippen molar-refractivity contribution in [1.82, 2.24) is 14.2 Å². The number of anilines is 1. The molecule has 0 radical (unpaired) electrons. The van der Waals surface area contributed by atoms with Gasteiger partial charge in [-0.1, -0.05) is 9.39 Å². The van der Waals surface area contributed by atoms with Crippen LogP contribution in [0.15, 0.2) is 18.2 Å². The van der Waals surface area contributed by atoms with Crippen LogP contribution in [0.2, 0.25) is 0 Å². The van der Waals surface area contributed by atoms with Crippen molar-refractivity contribution in [2.24, 2.45) is 0 Å². The lowest BCUT2D eigenvalue weighted by molar-refractivity contribution is 0.0697. The highest BCUT2D eigenvalue weighted by Gasteiger charge is 2.20. The number of carboxylic acids is 1. The summed E-state index contributed by atoms with van der Waals surface area (Å²) in [5.41, 5.74) is 1.21. The molecule has 2 atom stereocenters. The SMILES string of the molecule is O=C(O)c1ccc2c(c1)c(N1CCN(P)CC1)nn2P. The highest BCUT2D eigenvalue weighted by Crippen LogP contribution is 2.29. The summed E-state index contributed by atoms with van der Waals surface area (Å²) < 4.78 is 3.92. The number of carboxylic acid groups (broad SMARTS) is 1. The Kier molecular flexibility index (Phi) is 3.63. The highest BCUT2D eigenvalue weighted by molar-refractivity contribution is 7.14. The molecule has 0 amide bonds. The zero-order valence-corrected chi connectivity index (χ0v) is 13.2. The van der Waals surface area contributed by atoms with Crippen LogP contribution < -0.4 is 4.90 Å². The smallest absolute Gasteiger partial charge is 0.335 e. The first-order valence-corrected chi connectivity index (χ1v) is 7.35. The van der Waals surface area contributed by atoms with Crippen molar-refractivity contribution in [3.8, 4) is 0 Å². The molecule has 1 N–H and O–H groups in total. The number of aromatic carboxylic acids is 1. The maximum atomic E-state index is 11.1. The number of piperazine rings is 1. The molecule has 6 nitrogen and oxygen atoms in total. The predicted molar refractivity (Wildman–Crippen MR) is 85.3 cm³/mol. The Morgan fingerprint density at radius 3 is 2.55 bits per heavy atom. The van der Waals surface area contributed by atoms with E-state index in [4.69, 9.17) is 5.11 Å². The molecule has 1 saturated heterocycles. The molecular formula is C12H16N4O2P2. The normalized spacial score (nSPS) is 16.8. The summed E-state index contributed by atoms with van der Waals surface area (Å²) in [5, 5.41) is 14.5. The summed E-state index contributed by atoms with van der Waals surface area (Å²) in [6, 6.07) is 5.11. The first-order valence-electron chi connectivity index (χ1n) is 6.32. The van der Waals surface area contributed by atoms with Crippen molar-refractivity contribution in [2.75, 3.05) is 31.1 Å². The molecule has 8 heteroatoms. The monoisotopic (exact) mass is 310 g/mol. The number of nitrogens with zero attached hydrogens (tertiary/aromatic N) is 4. The van der Waals surface area contributed by atoms with Crippen LogP contribution in [0.1, 0.15) is 10.4 Å². The first-order chi connectivity index (χ1) is 9.56. The molecule has 1 aliphatic heterocycles. The average Bonchev–Trinajstić information content (AvgIpc) is 2.76. The Morgan fingerprint density at radius 1 is 1.20 bits per heavy atom. The molecule has 3 rings (SSSR count). The van der Waals surface area contributed by atoms with E-state index in [1.807, 2.05) is 0 Å². The lowest BCUT2D eigenvalue weighted by atomic mass is 10.1. The molecule has 1 aromatic carbocycles. The van der Waals surface area contributed by atoms with Gasteiger partial charge in [-0.05, 0) is 27.6 Å². The Morgan fingerprint density at radius 2 is 1.90 bits per heavy atom. The third-order valence-corrected chi connectivity index (χ3v) is 4.46. The zero-order valence-electron chi connectivity index (χ0n) is 10.9. The summed E-state index contributed by atoms with van der Waals surface area (Å²) >= 11 is 0. The number of rotatable bonds is 2. The molecule has 2 heterocycles. The van der Waals surface area contributed by atoms with Crippen LogP contribution in [0.4, 0.5) is 5.82 Å². The number of benzene rings is 1. The lowest BCUT2D eigenvalue weighted by Crippen LogP contribution is -2.42. The second-order valence-electron chi connectivity index (χ2n) is 4.83. The van der Waals surface area contributed by atoms with Crippen LogP contribution >= 0.6 is 18.8 Å². The number of aromatic nitrogens is 2. The molecule has 0 aliphatic carbocycles. The topological polar surface area (TPSA) is 61.6 Å². The van der Waals surface area contributed by atoms with Gasteiger partial charge < -0.3 is 10.0 Å². The van der Waals surface area contributed by atoms with E-state index >= 15 is 0 Å². The molecule has 2 aromatic rings. The largest absolute Gasteiger partial charge is 0.478 e. The molecule has 1 fully saturated rings. The highest BCUT2D eigenvalue weighted by atomic mass is 31.0. The van der Waals surface area contributed by atoms with Gasteiger partial charge in [0, 0.05) is 31.6 Å². The quantitative estimate of drug-likeness (QED) is 0.847. The zero-order chi connectivity index (χ0) is 14.3. The summed E-state index contributed by atoms with van der Waals surface area (Å²) in [5.74, 6) is -0.0552. The summed E-state index contributed by atoms with van der Waals surface area (Å²) in [4.78, 5) is 13.3. The van der Waals surface area contributed by atoms with Gasteiger partial charge in [-0.15, -0.1) is 0 Å². The third-order valence-electron chi connectivity index (χ3n) is 3.55. The van der Waals surface area contributed by atoms with Crippen molar-refractivity contribution in [2.45, 2.75) is 0 Å². The number of hydrogen-bond acceptors (Lipinski definition) is 4. The van der Waals surface area contributed by atoms with E-state index < -0.39 is 5.97 Å². The minimum Gasteiger partial charge on any atom is -0.478 e. The van der Waals surface area contributed by atoms with E-state index in [9.17, 15) is 4.79 Å². The summed E-state index contributed by atoms with van der Waals surface area (Å²) in [6.45, 7) is 3.68. The molecule has 0 bridgehead atoms. The maximum Gasteiger partial charge on any atom is 0.335 e. The standard InChI is InChI=1S/C12H16N4O2P2/c17-12(18)8-1-2-10-9(7-8)11(13-16(10)20)14-3-5-15(19)6-4-14/h1-2,7H,3-6,19-20H2,(H,17,18). The molecule has 1 aromatic heterocycles. The van der Waals surface area contributed by atoms with Gasteiger partial charge in [-0.25, -0.2) is 9.25 Å². The number of hydrogen-bond donors (Lipinski definition) is 1. The predicted octanol–water partition coefficient (Wildman–Crippen LogP) is 1.28. The molecule has 0 spiro atoms. The fourth-order valence-corrected chi connectivity index (χ4v) is 2.99. The Labute approximate surface area is 121 Å². The average molecular weight is 310 g/mol. The van der Waals surface area contributed by atoms with Crippen molar-refractivity contribution >= 4 is 41.5 Å². The maximum absolute atomic E-state index is 11.1. The van der Waals surface area contributed by atoms with Crippen LogP contribution in [0.25, 0.3) is 10.9 Å². The van der Waals surface area contributed by atoms with Gasteiger partial charge >= 0.3 is 5.97 Å². The molecule has 20 heavy (non-hydrogen) atoms. The van der Waals surface area contributed by atoms with Gasteiger partial charge in [0.15, 0.2) is 5.82 Å². The van der Waals surface area contributed by atoms with E-state index in [0.717, 1.165) is 42.9 Å². The number of carbonyl (C=O) groups is 1. The first kappa shape index (κ1) is 13.7. The second kappa shape index (κ2) is 5.28. The number of fused-ring (bicyclic) bond motifs is 1. The van der Waals surface area contributed by atoms with Crippen LogP contribution in [-0.2, 0) is 0 Å². The Balaban J connectivity index is 2.05. The lowest BCUT2D eigenvalue weighted by Gasteiger charge is -2.32.